The van der Waals surface area contributed by atoms with Crippen LogP contribution in [0.25, 0.3) is 0 Å². The molecule has 0 bridgehead atoms. The van der Waals surface area contributed by atoms with Crippen molar-refractivity contribution in [3.05, 3.63) is 63.2 Å². The van der Waals surface area contributed by atoms with E-state index in [-0.39, 0.29) is 23.4 Å². The molecular formula is C18H21ClN3O4+. The summed E-state index contributed by atoms with van der Waals surface area (Å²) in [4.78, 5) is 23.9. The maximum atomic E-state index is 12.6. The van der Waals surface area contributed by atoms with Crippen molar-refractivity contribution in [2.45, 2.75) is 19.5 Å². The summed E-state index contributed by atoms with van der Waals surface area (Å²) in [7, 11) is 3.31. The van der Waals surface area contributed by atoms with Gasteiger partial charge in [-0.1, -0.05) is 23.7 Å². The van der Waals surface area contributed by atoms with E-state index in [0.29, 0.717) is 17.3 Å². The third-order valence-electron chi connectivity index (χ3n) is 4.16. The number of carbonyl (C=O) groups excluding carboxylic acids is 1. The fraction of sp³-hybridized carbons (Fsp3) is 0.278. The van der Waals surface area contributed by atoms with Gasteiger partial charge in [-0.05, 0) is 25.1 Å². The van der Waals surface area contributed by atoms with Gasteiger partial charge in [-0.15, -0.1) is 0 Å². The number of nitro benzene ring substituents is 1. The van der Waals surface area contributed by atoms with E-state index in [1.54, 1.807) is 6.07 Å². The van der Waals surface area contributed by atoms with E-state index in [2.05, 4.69) is 5.32 Å². The molecule has 1 unspecified atom stereocenters. The molecule has 26 heavy (non-hydrogen) atoms. The number of hydrogen-bond donors (Lipinski definition) is 2. The lowest BCUT2D eigenvalue weighted by atomic mass is 10.2. The van der Waals surface area contributed by atoms with Gasteiger partial charge in [0, 0.05) is 16.7 Å². The predicted molar refractivity (Wildman–Crippen MR) is 99.8 cm³/mol. The van der Waals surface area contributed by atoms with Gasteiger partial charge in [0.1, 0.15) is 12.3 Å². The quantitative estimate of drug-likeness (QED) is 0.571. The number of hydrogen-bond acceptors (Lipinski definition) is 4. The van der Waals surface area contributed by atoms with E-state index >= 15 is 0 Å². The Morgan fingerprint density at radius 3 is 2.69 bits per heavy atom. The van der Waals surface area contributed by atoms with Crippen LogP contribution in [0.2, 0.25) is 5.02 Å². The van der Waals surface area contributed by atoms with Crippen molar-refractivity contribution >= 4 is 28.9 Å². The SMILES string of the molecule is COc1cc([N+](=O)[O-])ccc1NC(=O)[C@@H](C)[NH+](C)Cc1cccc(Cl)c1. The van der Waals surface area contributed by atoms with Gasteiger partial charge in [-0.3, -0.25) is 14.9 Å². The van der Waals surface area contributed by atoms with Crippen molar-refractivity contribution in [1.82, 2.24) is 0 Å². The maximum absolute atomic E-state index is 12.6. The fourth-order valence-corrected chi connectivity index (χ4v) is 2.70. The number of non-ortho nitro benzene ring substituents is 1. The number of nitrogens with one attached hydrogen (secondary N) is 2. The van der Waals surface area contributed by atoms with Crippen LogP contribution in [-0.2, 0) is 11.3 Å². The Balaban J connectivity index is 2.07. The summed E-state index contributed by atoms with van der Waals surface area (Å²) in [5, 5.41) is 14.3. The number of nitrogens with zero attached hydrogens (tertiary/aromatic N) is 1. The molecule has 138 valence electrons. The molecule has 0 aliphatic rings. The number of anilines is 1. The highest BCUT2D eigenvalue weighted by Gasteiger charge is 2.23. The van der Waals surface area contributed by atoms with E-state index in [9.17, 15) is 14.9 Å². The topological polar surface area (TPSA) is 85.9 Å². The predicted octanol–water partition coefficient (Wildman–Crippen LogP) is 2.30. The van der Waals surface area contributed by atoms with E-state index in [1.165, 1.54) is 25.3 Å². The maximum Gasteiger partial charge on any atom is 0.282 e. The minimum atomic E-state index is -0.514. The molecule has 0 heterocycles. The van der Waals surface area contributed by atoms with Gasteiger partial charge in [0.2, 0.25) is 0 Å². The number of likely N-dealkylation sites (N-methyl/N-ethyl adjacent to an activating group) is 1. The molecule has 2 aromatic carbocycles. The Morgan fingerprint density at radius 2 is 2.08 bits per heavy atom. The molecule has 7 nitrogen and oxygen atoms in total. The molecule has 2 rings (SSSR count). The third kappa shape index (κ3) is 4.93. The lowest BCUT2D eigenvalue weighted by Gasteiger charge is -2.21. The summed E-state index contributed by atoms with van der Waals surface area (Å²) >= 11 is 6.00. The first-order valence-electron chi connectivity index (χ1n) is 8.02. The van der Waals surface area contributed by atoms with Crippen molar-refractivity contribution in [1.29, 1.82) is 0 Å². The van der Waals surface area contributed by atoms with Crippen LogP contribution in [0.15, 0.2) is 42.5 Å². The van der Waals surface area contributed by atoms with Crippen LogP contribution in [0, 0.1) is 10.1 Å². The molecule has 2 N–H and O–H groups in total. The Bertz CT molecular complexity index is 813. The van der Waals surface area contributed by atoms with E-state index in [4.69, 9.17) is 16.3 Å². The minimum absolute atomic E-state index is 0.100. The number of rotatable bonds is 7. The number of carbonyl (C=O) groups is 1. The number of nitro groups is 1. The lowest BCUT2D eigenvalue weighted by Crippen LogP contribution is -3.12. The second kappa shape index (κ2) is 8.64. The largest absolute Gasteiger partial charge is 0.494 e. The molecule has 0 fully saturated rings. The van der Waals surface area contributed by atoms with Crippen molar-refractivity contribution in [3.63, 3.8) is 0 Å². The first-order valence-corrected chi connectivity index (χ1v) is 8.39. The Morgan fingerprint density at radius 1 is 1.35 bits per heavy atom. The molecule has 2 aromatic rings. The number of quaternary nitrogens is 1. The second-order valence-corrected chi connectivity index (χ2v) is 6.44. The van der Waals surface area contributed by atoms with Crippen LogP contribution >= 0.6 is 11.6 Å². The summed E-state index contributed by atoms with van der Waals surface area (Å²) in [6, 6.07) is 11.2. The van der Waals surface area contributed by atoms with Gasteiger partial charge in [0.25, 0.3) is 11.6 Å². The highest BCUT2D eigenvalue weighted by Crippen LogP contribution is 2.28. The minimum Gasteiger partial charge on any atom is -0.494 e. The summed E-state index contributed by atoms with van der Waals surface area (Å²) in [6.45, 7) is 2.44. The highest BCUT2D eigenvalue weighted by atomic mass is 35.5. The number of methoxy groups -OCH3 is 1. The smallest absolute Gasteiger partial charge is 0.282 e. The Labute approximate surface area is 156 Å². The molecule has 0 saturated carbocycles. The molecule has 0 spiro atoms. The zero-order chi connectivity index (χ0) is 19.3. The summed E-state index contributed by atoms with van der Waals surface area (Å²) in [6.07, 6.45) is 0. The van der Waals surface area contributed by atoms with Crippen LogP contribution in [0.3, 0.4) is 0 Å². The normalized spacial score (nSPS) is 12.9. The molecule has 2 atom stereocenters. The van der Waals surface area contributed by atoms with Crippen LogP contribution in [0.1, 0.15) is 12.5 Å². The van der Waals surface area contributed by atoms with Gasteiger partial charge >= 0.3 is 0 Å². The number of amides is 1. The van der Waals surface area contributed by atoms with E-state index < -0.39 is 4.92 Å². The molecule has 0 saturated heterocycles. The molecule has 0 aliphatic heterocycles. The van der Waals surface area contributed by atoms with Gasteiger partial charge in [-0.25, -0.2) is 0 Å². The van der Waals surface area contributed by atoms with E-state index in [1.807, 2.05) is 32.2 Å². The summed E-state index contributed by atoms with van der Waals surface area (Å²) < 4.78 is 5.15. The van der Waals surface area contributed by atoms with Gasteiger partial charge in [0.15, 0.2) is 6.04 Å². The molecule has 1 amide bonds. The molecular weight excluding hydrogens is 358 g/mol. The average Bonchev–Trinajstić information content (AvgIpc) is 2.61. The van der Waals surface area contributed by atoms with Crippen LogP contribution in [0.5, 0.6) is 5.75 Å². The van der Waals surface area contributed by atoms with Crippen LogP contribution in [-0.4, -0.2) is 31.0 Å². The lowest BCUT2D eigenvalue weighted by molar-refractivity contribution is -0.907. The van der Waals surface area contributed by atoms with Crippen molar-refractivity contribution in [2.75, 3.05) is 19.5 Å². The van der Waals surface area contributed by atoms with Crippen molar-refractivity contribution < 1.29 is 19.4 Å². The first kappa shape index (κ1) is 19.7. The van der Waals surface area contributed by atoms with Gasteiger partial charge < -0.3 is 15.0 Å². The first-order chi connectivity index (χ1) is 12.3. The molecule has 0 radical (unpaired) electrons. The second-order valence-electron chi connectivity index (χ2n) is 6.01. The van der Waals surface area contributed by atoms with Gasteiger partial charge in [-0.2, -0.15) is 0 Å². The average molecular weight is 379 g/mol. The number of ether oxygens (including phenoxy) is 1. The molecule has 0 aromatic heterocycles. The Hall–Kier alpha value is -2.64. The zero-order valence-electron chi connectivity index (χ0n) is 14.8. The monoisotopic (exact) mass is 378 g/mol. The van der Waals surface area contributed by atoms with Crippen molar-refractivity contribution in [3.8, 4) is 5.75 Å². The zero-order valence-corrected chi connectivity index (χ0v) is 15.5. The van der Waals surface area contributed by atoms with Crippen LogP contribution in [0.4, 0.5) is 11.4 Å². The number of halogens is 1. The molecule has 8 heteroatoms. The molecule has 0 aliphatic carbocycles. The number of benzene rings is 2. The van der Waals surface area contributed by atoms with Gasteiger partial charge in [0.05, 0.1) is 30.8 Å². The highest BCUT2D eigenvalue weighted by molar-refractivity contribution is 6.30. The summed E-state index contributed by atoms with van der Waals surface area (Å²) in [5.41, 5.74) is 1.32. The van der Waals surface area contributed by atoms with Crippen molar-refractivity contribution in [2.24, 2.45) is 0 Å². The third-order valence-corrected chi connectivity index (χ3v) is 4.39. The fourth-order valence-electron chi connectivity index (χ4n) is 2.48. The van der Waals surface area contributed by atoms with E-state index in [0.717, 1.165) is 10.5 Å². The standard InChI is InChI=1S/C18H20ClN3O4/c1-12(21(2)11-13-5-4-6-14(19)9-13)18(23)20-16-8-7-15(22(24)25)10-17(16)26-3/h4-10,12H,11H2,1-3H3,(H,20,23)/p+1/t12-/m1/s1. The van der Waals surface area contributed by atoms with Crippen LogP contribution < -0.4 is 15.0 Å². The summed E-state index contributed by atoms with van der Waals surface area (Å²) in [5.74, 6) is 0.0314. The Kier molecular flexibility index (Phi) is 6.54.